The van der Waals surface area contributed by atoms with Crippen molar-refractivity contribution in [2.24, 2.45) is 0 Å². The molecule has 3 aliphatic heterocycles. The van der Waals surface area contributed by atoms with E-state index in [9.17, 15) is 15.3 Å². The second-order valence-corrected chi connectivity index (χ2v) is 10.9. The fraction of sp³-hybridized carbons (Fsp3) is 0.419. The Morgan fingerprint density at radius 3 is 2.58 bits per heavy atom. The first-order valence-electron chi connectivity index (χ1n) is 14.1. The summed E-state index contributed by atoms with van der Waals surface area (Å²) in [4.78, 5) is 26.3. The molecule has 9 heteroatoms. The second kappa shape index (κ2) is 11.2. The lowest BCUT2D eigenvalue weighted by molar-refractivity contribution is 0.0941. The third kappa shape index (κ3) is 4.77. The Bertz CT molecular complexity index is 1510. The van der Waals surface area contributed by atoms with Crippen molar-refractivity contribution < 1.29 is 4.79 Å². The van der Waals surface area contributed by atoms with Crippen molar-refractivity contribution in [3.63, 3.8) is 0 Å². The molecule has 0 saturated carbocycles. The summed E-state index contributed by atoms with van der Waals surface area (Å²) in [5, 5.41) is 28.8. The number of piperazine rings is 2. The normalized spacial score (nSPS) is 21.5. The molecule has 4 heterocycles. The number of nitrogens with one attached hydrogen (secondary N) is 2. The molecular formula is C31H34N8O. The Balaban J connectivity index is 1.50. The SMILES string of the molecule is CN1CCN(c2nc(N3CCNC(CC#N)C3)c3c(c2C#N)C(C(=O)c2cccc4ccccc24)NCC3)CC1. The number of carbonyl (C=O) groups excluding carboxylic acids is 1. The van der Waals surface area contributed by atoms with Crippen molar-refractivity contribution in [2.75, 3.05) is 69.2 Å². The van der Waals surface area contributed by atoms with Crippen LogP contribution < -0.4 is 20.4 Å². The molecule has 2 fully saturated rings. The van der Waals surface area contributed by atoms with E-state index in [1.807, 2.05) is 42.5 Å². The molecule has 0 radical (unpaired) electrons. The van der Waals surface area contributed by atoms with Gasteiger partial charge in [-0.15, -0.1) is 0 Å². The smallest absolute Gasteiger partial charge is 0.184 e. The van der Waals surface area contributed by atoms with Crippen molar-refractivity contribution in [3.8, 4) is 12.1 Å². The number of benzene rings is 2. The molecule has 2 unspecified atom stereocenters. The lowest BCUT2D eigenvalue weighted by Crippen LogP contribution is -2.52. The molecule has 3 aliphatic rings. The Labute approximate surface area is 235 Å². The highest BCUT2D eigenvalue weighted by Gasteiger charge is 2.37. The average Bonchev–Trinajstić information content (AvgIpc) is 3.00. The quantitative estimate of drug-likeness (QED) is 0.477. The van der Waals surface area contributed by atoms with Gasteiger partial charge in [0.2, 0.25) is 0 Å². The molecular weight excluding hydrogens is 500 g/mol. The van der Waals surface area contributed by atoms with Gasteiger partial charge in [-0.1, -0.05) is 42.5 Å². The topological polar surface area (TPSA) is 111 Å². The monoisotopic (exact) mass is 534 g/mol. The number of ketones is 1. The second-order valence-electron chi connectivity index (χ2n) is 10.9. The summed E-state index contributed by atoms with van der Waals surface area (Å²) in [6, 6.07) is 17.9. The minimum Gasteiger partial charge on any atom is -0.353 e. The number of carbonyl (C=O) groups is 1. The average molecular weight is 535 g/mol. The molecule has 2 N–H and O–H groups in total. The Morgan fingerprint density at radius 1 is 0.975 bits per heavy atom. The number of rotatable bonds is 5. The summed E-state index contributed by atoms with van der Waals surface area (Å²) in [7, 11) is 2.10. The van der Waals surface area contributed by atoms with Gasteiger partial charge in [0.15, 0.2) is 5.78 Å². The van der Waals surface area contributed by atoms with Crippen molar-refractivity contribution in [3.05, 3.63) is 64.7 Å². The van der Waals surface area contributed by atoms with Gasteiger partial charge in [-0.05, 0) is 24.2 Å². The maximum absolute atomic E-state index is 14.3. The third-order valence-electron chi connectivity index (χ3n) is 8.44. The van der Waals surface area contributed by atoms with Gasteiger partial charge < -0.3 is 25.3 Å². The van der Waals surface area contributed by atoms with Crippen LogP contribution in [0.3, 0.4) is 0 Å². The van der Waals surface area contributed by atoms with E-state index in [0.29, 0.717) is 42.9 Å². The van der Waals surface area contributed by atoms with Gasteiger partial charge in [-0.3, -0.25) is 4.79 Å². The van der Waals surface area contributed by atoms with Crippen LogP contribution in [0.5, 0.6) is 0 Å². The minimum absolute atomic E-state index is 0.0293. The zero-order chi connectivity index (χ0) is 27.6. The minimum atomic E-state index is -0.644. The number of anilines is 2. The molecule has 9 nitrogen and oxygen atoms in total. The Hall–Kier alpha value is -4.02. The molecule has 3 aromatic rings. The van der Waals surface area contributed by atoms with Crippen LogP contribution in [0.4, 0.5) is 11.6 Å². The number of Topliss-reactive ketones (excluding diaryl/α,β-unsaturated/α-hetero) is 1. The standard InChI is InChI=1S/C31H34N8O/c1-37-15-17-38(18-16-37)31-26(19-33)27-25(30(36-31)39-14-13-34-22(20-39)9-11-32)10-12-35-28(27)29(40)24-8-4-6-21-5-2-3-7-23(21)24/h2-8,22,28,34-35H,9-10,12-18,20H2,1H3. The molecule has 6 rings (SSSR count). The van der Waals surface area contributed by atoms with E-state index in [-0.39, 0.29) is 11.8 Å². The maximum atomic E-state index is 14.3. The number of likely N-dealkylation sites (N-methyl/N-ethyl adjacent to an activating group) is 1. The highest BCUT2D eigenvalue weighted by molar-refractivity contribution is 6.11. The molecule has 0 bridgehead atoms. The van der Waals surface area contributed by atoms with Crippen LogP contribution in [-0.2, 0) is 6.42 Å². The third-order valence-corrected chi connectivity index (χ3v) is 8.44. The van der Waals surface area contributed by atoms with E-state index in [1.54, 1.807) is 0 Å². The largest absolute Gasteiger partial charge is 0.353 e. The van der Waals surface area contributed by atoms with Crippen LogP contribution in [0.25, 0.3) is 10.8 Å². The molecule has 40 heavy (non-hydrogen) atoms. The van der Waals surface area contributed by atoms with Gasteiger partial charge in [0.1, 0.15) is 23.3 Å². The number of aromatic nitrogens is 1. The van der Waals surface area contributed by atoms with E-state index in [0.717, 1.165) is 67.0 Å². The first-order chi connectivity index (χ1) is 19.6. The maximum Gasteiger partial charge on any atom is 0.184 e. The molecule has 0 amide bonds. The number of hydrogen-bond acceptors (Lipinski definition) is 9. The number of hydrogen-bond donors (Lipinski definition) is 2. The number of pyridine rings is 1. The molecule has 2 aromatic carbocycles. The van der Waals surface area contributed by atoms with Crippen molar-refractivity contribution in [2.45, 2.75) is 24.9 Å². The highest BCUT2D eigenvalue weighted by atomic mass is 16.1. The van der Waals surface area contributed by atoms with Crippen molar-refractivity contribution in [1.29, 1.82) is 10.5 Å². The van der Waals surface area contributed by atoms with E-state index in [4.69, 9.17) is 4.98 Å². The summed E-state index contributed by atoms with van der Waals surface area (Å²) in [6.45, 7) is 6.09. The lowest BCUT2D eigenvalue weighted by Gasteiger charge is -2.39. The summed E-state index contributed by atoms with van der Waals surface area (Å²) in [5.41, 5.74) is 2.89. The van der Waals surface area contributed by atoms with Gasteiger partial charge in [0, 0.05) is 75.1 Å². The van der Waals surface area contributed by atoms with Crippen molar-refractivity contribution in [1.82, 2.24) is 20.5 Å². The van der Waals surface area contributed by atoms with E-state index in [2.05, 4.69) is 44.5 Å². The van der Waals surface area contributed by atoms with Crippen LogP contribution in [0.15, 0.2) is 42.5 Å². The van der Waals surface area contributed by atoms with Crippen LogP contribution in [0.1, 0.15) is 39.5 Å². The number of nitrogens with zero attached hydrogens (tertiary/aromatic N) is 6. The van der Waals surface area contributed by atoms with E-state index in [1.165, 1.54) is 0 Å². The lowest BCUT2D eigenvalue weighted by atomic mass is 9.85. The fourth-order valence-electron chi connectivity index (χ4n) is 6.33. The summed E-state index contributed by atoms with van der Waals surface area (Å²) >= 11 is 0. The molecule has 0 spiro atoms. The summed E-state index contributed by atoms with van der Waals surface area (Å²) < 4.78 is 0. The molecule has 204 valence electrons. The van der Waals surface area contributed by atoms with Crippen LogP contribution in [0.2, 0.25) is 0 Å². The van der Waals surface area contributed by atoms with Gasteiger partial charge in [0.05, 0.1) is 18.5 Å². The van der Waals surface area contributed by atoms with Crippen LogP contribution in [0, 0.1) is 22.7 Å². The summed E-state index contributed by atoms with van der Waals surface area (Å²) in [5.74, 6) is 1.49. The molecule has 2 atom stereocenters. The molecule has 0 aliphatic carbocycles. The van der Waals surface area contributed by atoms with Gasteiger partial charge in [0.25, 0.3) is 0 Å². The van der Waals surface area contributed by atoms with Gasteiger partial charge >= 0.3 is 0 Å². The first-order valence-corrected chi connectivity index (χ1v) is 14.1. The fourth-order valence-corrected chi connectivity index (χ4v) is 6.33. The van der Waals surface area contributed by atoms with Crippen molar-refractivity contribution >= 4 is 28.2 Å². The number of nitriles is 2. The summed E-state index contributed by atoms with van der Waals surface area (Å²) in [6.07, 6.45) is 1.10. The number of fused-ring (bicyclic) bond motifs is 2. The van der Waals surface area contributed by atoms with Crippen LogP contribution >= 0.6 is 0 Å². The van der Waals surface area contributed by atoms with Gasteiger partial charge in [-0.2, -0.15) is 10.5 Å². The zero-order valence-corrected chi connectivity index (χ0v) is 22.9. The predicted molar refractivity (Wildman–Crippen MR) is 156 cm³/mol. The molecule has 2 saturated heterocycles. The zero-order valence-electron chi connectivity index (χ0n) is 22.9. The van der Waals surface area contributed by atoms with E-state index < -0.39 is 6.04 Å². The van der Waals surface area contributed by atoms with Crippen LogP contribution in [-0.4, -0.2) is 81.1 Å². The van der Waals surface area contributed by atoms with Gasteiger partial charge in [-0.25, -0.2) is 4.98 Å². The first kappa shape index (κ1) is 26.2. The predicted octanol–water partition coefficient (Wildman–Crippen LogP) is 2.62. The molecule has 1 aromatic heterocycles. The Morgan fingerprint density at radius 2 is 1.77 bits per heavy atom. The van der Waals surface area contributed by atoms with E-state index >= 15 is 0 Å². The highest BCUT2D eigenvalue weighted by Crippen LogP contribution is 2.39. The Kier molecular flexibility index (Phi) is 7.36.